The van der Waals surface area contributed by atoms with Crippen LogP contribution in [0.5, 0.6) is 0 Å². The first-order valence-electron chi connectivity index (χ1n) is 15.1. The molecule has 0 aliphatic carbocycles. The van der Waals surface area contributed by atoms with Crippen LogP contribution >= 0.6 is 0 Å². The van der Waals surface area contributed by atoms with Crippen LogP contribution in [0, 0.1) is 0 Å². The summed E-state index contributed by atoms with van der Waals surface area (Å²) in [6, 6.07) is 0. The highest BCUT2D eigenvalue weighted by molar-refractivity contribution is 5.66. The first kappa shape index (κ1) is 32.4. The second kappa shape index (κ2) is 27.7. The summed E-state index contributed by atoms with van der Waals surface area (Å²) in [4.78, 5) is 13.4. The number of hydrogen-bond acceptors (Lipinski definition) is 2. The van der Waals surface area contributed by atoms with Gasteiger partial charge in [0, 0.05) is 6.54 Å². The van der Waals surface area contributed by atoms with E-state index >= 15 is 0 Å². The van der Waals surface area contributed by atoms with Gasteiger partial charge in [-0.3, -0.25) is 4.79 Å². The molecule has 0 aliphatic heterocycles. The van der Waals surface area contributed by atoms with Gasteiger partial charge in [0.05, 0.1) is 6.42 Å². The van der Waals surface area contributed by atoms with Gasteiger partial charge in [-0.1, -0.05) is 149 Å². The number of carboxylic acid groups (broad SMARTS) is 1. The van der Waals surface area contributed by atoms with E-state index in [4.69, 9.17) is 5.11 Å². The predicted molar refractivity (Wildman–Crippen MR) is 146 cm³/mol. The highest BCUT2D eigenvalue weighted by atomic mass is 16.4. The van der Waals surface area contributed by atoms with Gasteiger partial charge in [-0.15, -0.1) is 0 Å². The van der Waals surface area contributed by atoms with Crippen molar-refractivity contribution in [3.8, 4) is 0 Å². The second-order valence-electron chi connectivity index (χ2n) is 10.4. The zero-order chi connectivity index (χ0) is 24.2. The van der Waals surface area contributed by atoms with E-state index in [2.05, 4.69) is 18.7 Å². The Labute approximate surface area is 208 Å². The molecule has 0 fully saturated rings. The standard InChI is InChI=1S/C30H61NO2/c1-3-5-7-9-11-12-13-14-15-16-17-18-19-21-23-25-28-31(29-26-30(32)33)27-24-22-20-10-8-6-4-2/h3-29H2,1-2H3,(H,32,33). The highest BCUT2D eigenvalue weighted by Gasteiger charge is 2.07. The van der Waals surface area contributed by atoms with Crippen LogP contribution in [0.1, 0.15) is 168 Å². The molecule has 0 rings (SSSR count). The van der Waals surface area contributed by atoms with E-state index in [1.807, 2.05) is 0 Å². The molecular weight excluding hydrogens is 406 g/mol. The Kier molecular flexibility index (Phi) is 27.2. The number of aliphatic carboxylic acids is 1. The van der Waals surface area contributed by atoms with Crippen molar-refractivity contribution < 1.29 is 9.90 Å². The van der Waals surface area contributed by atoms with Crippen LogP contribution in [0.4, 0.5) is 0 Å². The molecule has 0 radical (unpaired) electrons. The summed E-state index contributed by atoms with van der Waals surface area (Å²) in [5.74, 6) is -0.661. The molecule has 0 amide bonds. The Morgan fingerprint density at radius 3 is 1.00 bits per heavy atom. The second-order valence-corrected chi connectivity index (χ2v) is 10.4. The SMILES string of the molecule is CCCCCCCCCCCCCCCCCCN(CCCCCCCCC)CCC(=O)O. The van der Waals surface area contributed by atoms with Gasteiger partial charge >= 0.3 is 5.97 Å². The molecule has 0 aromatic carbocycles. The fraction of sp³-hybridized carbons (Fsp3) is 0.967. The summed E-state index contributed by atoms with van der Waals surface area (Å²) in [6.45, 7) is 7.45. The summed E-state index contributed by atoms with van der Waals surface area (Å²) >= 11 is 0. The fourth-order valence-electron chi connectivity index (χ4n) is 4.77. The van der Waals surface area contributed by atoms with Crippen molar-refractivity contribution in [3.05, 3.63) is 0 Å². The lowest BCUT2D eigenvalue weighted by Crippen LogP contribution is -2.28. The van der Waals surface area contributed by atoms with Gasteiger partial charge < -0.3 is 10.0 Å². The summed E-state index contributed by atoms with van der Waals surface area (Å²) in [5, 5.41) is 9.04. The van der Waals surface area contributed by atoms with E-state index in [9.17, 15) is 4.79 Å². The molecule has 3 nitrogen and oxygen atoms in total. The van der Waals surface area contributed by atoms with Crippen LogP contribution in [0.3, 0.4) is 0 Å². The topological polar surface area (TPSA) is 40.5 Å². The van der Waals surface area contributed by atoms with Crippen molar-refractivity contribution in [2.45, 2.75) is 168 Å². The summed E-state index contributed by atoms with van der Waals surface area (Å²) < 4.78 is 0. The number of carbonyl (C=O) groups is 1. The zero-order valence-corrected chi connectivity index (χ0v) is 22.9. The lowest BCUT2D eigenvalue weighted by molar-refractivity contribution is -0.137. The molecule has 0 aromatic rings. The summed E-state index contributed by atoms with van der Waals surface area (Å²) in [7, 11) is 0. The van der Waals surface area contributed by atoms with Crippen LogP contribution in [-0.2, 0) is 4.79 Å². The Bertz CT molecular complexity index is 385. The van der Waals surface area contributed by atoms with Crippen molar-refractivity contribution in [1.82, 2.24) is 4.90 Å². The average molecular weight is 468 g/mol. The third kappa shape index (κ3) is 27.6. The minimum atomic E-state index is -0.661. The highest BCUT2D eigenvalue weighted by Crippen LogP contribution is 2.14. The number of hydrogen-bond donors (Lipinski definition) is 1. The van der Waals surface area contributed by atoms with Crippen LogP contribution < -0.4 is 0 Å². The maximum Gasteiger partial charge on any atom is 0.304 e. The van der Waals surface area contributed by atoms with Crippen LogP contribution in [0.15, 0.2) is 0 Å². The summed E-state index contributed by atoms with van der Waals surface area (Å²) in [5.41, 5.74) is 0. The van der Waals surface area contributed by atoms with Crippen LogP contribution in [-0.4, -0.2) is 35.6 Å². The number of nitrogens with zero attached hydrogens (tertiary/aromatic N) is 1. The number of rotatable bonds is 28. The molecule has 0 aromatic heterocycles. The first-order valence-corrected chi connectivity index (χ1v) is 15.1. The Hall–Kier alpha value is -0.570. The van der Waals surface area contributed by atoms with Gasteiger partial charge in [0.1, 0.15) is 0 Å². The fourth-order valence-corrected chi connectivity index (χ4v) is 4.77. The van der Waals surface area contributed by atoms with E-state index in [0.717, 1.165) is 19.6 Å². The van der Waals surface area contributed by atoms with Crippen LogP contribution in [0.25, 0.3) is 0 Å². The van der Waals surface area contributed by atoms with Gasteiger partial charge in [0.2, 0.25) is 0 Å². The van der Waals surface area contributed by atoms with Crippen molar-refractivity contribution in [1.29, 1.82) is 0 Å². The predicted octanol–water partition coefficient (Wildman–Crippen LogP) is 9.78. The van der Waals surface area contributed by atoms with E-state index in [1.165, 1.54) is 148 Å². The molecule has 0 bridgehead atoms. The van der Waals surface area contributed by atoms with E-state index in [0.29, 0.717) is 0 Å². The van der Waals surface area contributed by atoms with Gasteiger partial charge in [-0.05, 0) is 25.9 Å². The van der Waals surface area contributed by atoms with Crippen molar-refractivity contribution in [2.24, 2.45) is 0 Å². The minimum absolute atomic E-state index is 0.287. The maximum atomic E-state index is 11.0. The molecule has 0 saturated heterocycles. The maximum absolute atomic E-state index is 11.0. The molecule has 0 atom stereocenters. The normalized spacial score (nSPS) is 11.5. The molecule has 0 aliphatic rings. The smallest absolute Gasteiger partial charge is 0.304 e. The van der Waals surface area contributed by atoms with E-state index < -0.39 is 5.97 Å². The van der Waals surface area contributed by atoms with Crippen molar-refractivity contribution >= 4 is 5.97 Å². The molecule has 0 heterocycles. The molecular formula is C30H61NO2. The Morgan fingerprint density at radius 1 is 0.455 bits per heavy atom. The lowest BCUT2D eigenvalue weighted by atomic mass is 10.0. The number of unbranched alkanes of at least 4 members (excludes halogenated alkanes) is 21. The largest absolute Gasteiger partial charge is 0.481 e. The average Bonchev–Trinajstić information content (AvgIpc) is 2.81. The van der Waals surface area contributed by atoms with Gasteiger partial charge in [0.25, 0.3) is 0 Å². The van der Waals surface area contributed by atoms with E-state index in [-0.39, 0.29) is 6.42 Å². The van der Waals surface area contributed by atoms with Crippen LogP contribution in [0.2, 0.25) is 0 Å². The Morgan fingerprint density at radius 2 is 0.727 bits per heavy atom. The van der Waals surface area contributed by atoms with Crippen molar-refractivity contribution in [3.63, 3.8) is 0 Å². The van der Waals surface area contributed by atoms with Gasteiger partial charge in [0.15, 0.2) is 0 Å². The molecule has 0 spiro atoms. The van der Waals surface area contributed by atoms with Crippen molar-refractivity contribution in [2.75, 3.05) is 19.6 Å². The molecule has 33 heavy (non-hydrogen) atoms. The molecule has 198 valence electrons. The summed E-state index contributed by atoms with van der Waals surface area (Å²) in [6.07, 6.45) is 32.0. The third-order valence-electron chi connectivity index (χ3n) is 7.05. The molecule has 0 unspecified atom stereocenters. The number of carboxylic acids is 1. The minimum Gasteiger partial charge on any atom is -0.481 e. The quantitative estimate of drug-likeness (QED) is 0.116. The molecule has 1 N–H and O–H groups in total. The zero-order valence-electron chi connectivity index (χ0n) is 22.9. The third-order valence-corrected chi connectivity index (χ3v) is 7.05. The molecule has 3 heteroatoms. The first-order chi connectivity index (χ1) is 16.2. The lowest BCUT2D eigenvalue weighted by Gasteiger charge is -2.21. The monoisotopic (exact) mass is 467 g/mol. The van der Waals surface area contributed by atoms with Gasteiger partial charge in [-0.2, -0.15) is 0 Å². The van der Waals surface area contributed by atoms with Gasteiger partial charge in [-0.25, -0.2) is 0 Å². The Balaban J connectivity index is 3.52. The van der Waals surface area contributed by atoms with E-state index in [1.54, 1.807) is 0 Å². The molecule has 0 saturated carbocycles.